The van der Waals surface area contributed by atoms with Crippen molar-refractivity contribution < 1.29 is 9.47 Å². The fourth-order valence-corrected chi connectivity index (χ4v) is 1.79. The number of hydrogen-bond acceptors (Lipinski definition) is 3. The van der Waals surface area contributed by atoms with Crippen LogP contribution >= 0.6 is 15.9 Å². The Morgan fingerprint density at radius 2 is 1.71 bits per heavy atom. The van der Waals surface area contributed by atoms with Crippen LogP contribution in [0.1, 0.15) is 16.1 Å². The lowest BCUT2D eigenvalue weighted by molar-refractivity contribution is 0.354. The van der Waals surface area contributed by atoms with E-state index in [1.54, 1.807) is 14.2 Å². The monoisotopic (exact) mass is 259 g/mol. The molecule has 0 aliphatic rings. The molecule has 0 fully saturated rings. The molecule has 0 saturated heterocycles. The minimum atomic E-state index is -0.178. The summed E-state index contributed by atoms with van der Waals surface area (Å²) in [5, 5.41) is 0. The molecule has 3 nitrogen and oxygen atoms in total. The SMILES string of the molecule is COc1cc(C)c(C(N)Br)cc1OC. The number of rotatable bonds is 3. The van der Waals surface area contributed by atoms with E-state index in [1.807, 2.05) is 19.1 Å². The van der Waals surface area contributed by atoms with Gasteiger partial charge in [-0.2, -0.15) is 0 Å². The van der Waals surface area contributed by atoms with E-state index in [0.29, 0.717) is 5.75 Å². The zero-order valence-corrected chi connectivity index (χ0v) is 10.1. The predicted octanol–water partition coefficient (Wildman–Crippen LogP) is 2.36. The highest BCUT2D eigenvalue weighted by molar-refractivity contribution is 9.09. The molecular formula is C10H14BrNO2. The first-order valence-corrected chi connectivity index (χ1v) is 5.14. The predicted molar refractivity (Wildman–Crippen MR) is 60.1 cm³/mol. The smallest absolute Gasteiger partial charge is 0.161 e. The maximum Gasteiger partial charge on any atom is 0.161 e. The molecule has 0 amide bonds. The van der Waals surface area contributed by atoms with Crippen LogP contribution in [0.25, 0.3) is 0 Å². The molecular weight excluding hydrogens is 246 g/mol. The van der Waals surface area contributed by atoms with Gasteiger partial charge in [0.25, 0.3) is 0 Å². The van der Waals surface area contributed by atoms with Crippen molar-refractivity contribution in [3.05, 3.63) is 23.3 Å². The molecule has 0 heterocycles. The summed E-state index contributed by atoms with van der Waals surface area (Å²) in [6, 6.07) is 3.79. The summed E-state index contributed by atoms with van der Waals surface area (Å²) in [7, 11) is 3.22. The third-order valence-corrected chi connectivity index (χ3v) is 2.56. The molecule has 0 radical (unpaired) electrons. The Morgan fingerprint density at radius 3 is 2.14 bits per heavy atom. The van der Waals surface area contributed by atoms with Gasteiger partial charge in [0.15, 0.2) is 11.5 Å². The summed E-state index contributed by atoms with van der Waals surface area (Å²) in [6.07, 6.45) is 0. The van der Waals surface area contributed by atoms with E-state index in [1.165, 1.54) is 0 Å². The molecule has 14 heavy (non-hydrogen) atoms. The number of aryl methyl sites for hydroxylation is 1. The van der Waals surface area contributed by atoms with Gasteiger partial charge in [-0.1, -0.05) is 15.9 Å². The van der Waals surface area contributed by atoms with Gasteiger partial charge in [0, 0.05) is 0 Å². The number of hydrogen-bond donors (Lipinski definition) is 1. The Bertz CT molecular complexity index is 326. The average Bonchev–Trinajstić information content (AvgIpc) is 2.16. The van der Waals surface area contributed by atoms with Gasteiger partial charge < -0.3 is 15.2 Å². The van der Waals surface area contributed by atoms with Gasteiger partial charge in [-0.25, -0.2) is 0 Å². The van der Waals surface area contributed by atoms with Gasteiger partial charge in [0.1, 0.15) is 0 Å². The number of ether oxygens (including phenoxy) is 2. The first-order valence-electron chi connectivity index (χ1n) is 4.22. The molecule has 0 bridgehead atoms. The molecule has 1 unspecified atom stereocenters. The third-order valence-electron chi connectivity index (χ3n) is 2.07. The molecule has 1 atom stereocenters. The second-order valence-electron chi connectivity index (χ2n) is 2.97. The molecule has 4 heteroatoms. The molecule has 1 rings (SSSR count). The van der Waals surface area contributed by atoms with Crippen molar-refractivity contribution >= 4 is 15.9 Å². The Hall–Kier alpha value is -0.740. The molecule has 0 aromatic heterocycles. The van der Waals surface area contributed by atoms with Crippen LogP contribution in [0.3, 0.4) is 0 Å². The van der Waals surface area contributed by atoms with E-state index in [2.05, 4.69) is 15.9 Å². The lowest BCUT2D eigenvalue weighted by atomic mass is 10.1. The maximum absolute atomic E-state index is 5.75. The van der Waals surface area contributed by atoms with Crippen LogP contribution in [-0.2, 0) is 0 Å². The molecule has 0 spiro atoms. The zero-order chi connectivity index (χ0) is 10.7. The summed E-state index contributed by atoms with van der Waals surface area (Å²) < 4.78 is 10.4. The quantitative estimate of drug-likeness (QED) is 0.670. The zero-order valence-electron chi connectivity index (χ0n) is 8.50. The van der Waals surface area contributed by atoms with Crippen molar-refractivity contribution in [2.24, 2.45) is 5.73 Å². The second-order valence-corrected chi connectivity index (χ2v) is 3.95. The summed E-state index contributed by atoms with van der Waals surface area (Å²) in [4.78, 5) is -0.178. The highest BCUT2D eigenvalue weighted by Gasteiger charge is 2.11. The summed E-state index contributed by atoms with van der Waals surface area (Å²) in [5.41, 5.74) is 7.83. The second kappa shape index (κ2) is 4.66. The number of alkyl halides is 1. The maximum atomic E-state index is 5.75. The number of nitrogens with two attached hydrogens (primary N) is 1. The Morgan fingerprint density at radius 1 is 1.21 bits per heavy atom. The van der Waals surface area contributed by atoms with Gasteiger partial charge in [-0.3, -0.25) is 0 Å². The van der Waals surface area contributed by atoms with Crippen LogP contribution in [0.15, 0.2) is 12.1 Å². The van der Waals surface area contributed by atoms with Gasteiger partial charge >= 0.3 is 0 Å². The first-order chi connectivity index (χ1) is 6.60. The van der Waals surface area contributed by atoms with E-state index >= 15 is 0 Å². The van der Waals surface area contributed by atoms with Gasteiger partial charge in [0.05, 0.1) is 19.2 Å². The normalized spacial score (nSPS) is 12.4. The highest BCUT2D eigenvalue weighted by atomic mass is 79.9. The fourth-order valence-electron chi connectivity index (χ4n) is 1.29. The minimum Gasteiger partial charge on any atom is -0.493 e. The van der Waals surface area contributed by atoms with Crippen molar-refractivity contribution in [1.82, 2.24) is 0 Å². The van der Waals surface area contributed by atoms with Crippen LogP contribution in [0.2, 0.25) is 0 Å². The number of methoxy groups -OCH3 is 2. The van der Waals surface area contributed by atoms with E-state index < -0.39 is 0 Å². The van der Waals surface area contributed by atoms with Crippen LogP contribution < -0.4 is 15.2 Å². The van der Waals surface area contributed by atoms with Crippen molar-refractivity contribution in [3.63, 3.8) is 0 Å². The van der Waals surface area contributed by atoms with Crippen molar-refractivity contribution in [3.8, 4) is 11.5 Å². The van der Waals surface area contributed by atoms with Crippen LogP contribution in [0, 0.1) is 6.92 Å². The van der Waals surface area contributed by atoms with Crippen molar-refractivity contribution in [2.45, 2.75) is 11.9 Å². The van der Waals surface area contributed by atoms with E-state index in [-0.39, 0.29) is 4.95 Å². The fraction of sp³-hybridized carbons (Fsp3) is 0.400. The lowest BCUT2D eigenvalue weighted by Crippen LogP contribution is -2.04. The Kier molecular flexibility index (Phi) is 3.77. The molecule has 1 aromatic carbocycles. The van der Waals surface area contributed by atoms with Crippen LogP contribution in [0.5, 0.6) is 11.5 Å². The first kappa shape index (κ1) is 11.3. The number of benzene rings is 1. The average molecular weight is 260 g/mol. The van der Waals surface area contributed by atoms with Gasteiger partial charge in [0.2, 0.25) is 0 Å². The minimum absolute atomic E-state index is 0.178. The molecule has 1 aromatic rings. The van der Waals surface area contributed by atoms with Crippen molar-refractivity contribution in [1.29, 1.82) is 0 Å². The lowest BCUT2D eigenvalue weighted by Gasteiger charge is -2.13. The van der Waals surface area contributed by atoms with E-state index in [4.69, 9.17) is 15.2 Å². The Labute approximate surface area is 92.3 Å². The van der Waals surface area contributed by atoms with E-state index in [0.717, 1.165) is 16.9 Å². The Balaban J connectivity index is 3.23. The molecule has 0 aliphatic carbocycles. The van der Waals surface area contributed by atoms with Gasteiger partial charge in [-0.15, -0.1) is 0 Å². The van der Waals surface area contributed by atoms with Crippen LogP contribution in [0.4, 0.5) is 0 Å². The summed E-state index contributed by atoms with van der Waals surface area (Å²) in [5.74, 6) is 1.42. The molecule has 78 valence electrons. The standard InChI is InChI=1S/C10H14BrNO2/c1-6-4-8(13-2)9(14-3)5-7(6)10(11)12/h4-5,10H,12H2,1-3H3. The van der Waals surface area contributed by atoms with Gasteiger partial charge in [-0.05, 0) is 30.2 Å². The molecule has 0 aliphatic heterocycles. The third kappa shape index (κ3) is 2.19. The molecule has 2 N–H and O–H groups in total. The van der Waals surface area contributed by atoms with Crippen molar-refractivity contribution in [2.75, 3.05) is 14.2 Å². The topological polar surface area (TPSA) is 44.5 Å². The molecule has 0 saturated carbocycles. The highest BCUT2D eigenvalue weighted by Crippen LogP contribution is 2.33. The van der Waals surface area contributed by atoms with E-state index in [9.17, 15) is 0 Å². The summed E-state index contributed by atoms with van der Waals surface area (Å²) >= 11 is 3.32. The summed E-state index contributed by atoms with van der Waals surface area (Å²) in [6.45, 7) is 1.98. The van der Waals surface area contributed by atoms with Crippen LogP contribution in [-0.4, -0.2) is 14.2 Å². The number of halogens is 1. The largest absolute Gasteiger partial charge is 0.493 e.